The molecule has 2 aromatic heterocycles. The molecule has 2 N–H and O–H groups in total. The molecule has 78 valence electrons. The van der Waals surface area contributed by atoms with E-state index in [1.807, 2.05) is 22.2 Å². The van der Waals surface area contributed by atoms with Crippen LogP contribution < -0.4 is 5.73 Å². The van der Waals surface area contributed by atoms with Crippen molar-refractivity contribution < 1.29 is 0 Å². The lowest BCUT2D eigenvalue weighted by molar-refractivity contribution is 0.797. The van der Waals surface area contributed by atoms with Crippen LogP contribution in [0.5, 0.6) is 0 Å². The van der Waals surface area contributed by atoms with Crippen LogP contribution in [0.25, 0.3) is 0 Å². The number of halogens is 1. The number of aromatic nitrogens is 2. The maximum atomic E-state index is 5.57. The molecule has 0 aromatic carbocycles. The van der Waals surface area contributed by atoms with Gasteiger partial charge in [-0.2, -0.15) is 0 Å². The first-order valence-corrected chi connectivity index (χ1v) is 6.29. The fourth-order valence-electron chi connectivity index (χ4n) is 1.25. The predicted octanol–water partition coefficient (Wildman–Crippen LogP) is 2.39. The van der Waals surface area contributed by atoms with Crippen molar-refractivity contribution in [2.45, 2.75) is 6.54 Å². The van der Waals surface area contributed by atoms with Gasteiger partial charge in [0.1, 0.15) is 4.99 Å². The van der Waals surface area contributed by atoms with Gasteiger partial charge in [0.25, 0.3) is 0 Å². The number of nitrogens with two attached hydrogens (primary N) is 1. The van der Waals surface area contributed by atoms with E-state index in [0.29, 0.717) is 10.8 Å². The summed E-state index contributed by atoms with van der Waals surface area (Å²) in [5.41, 5.74) is 5.57. The van der Waals surface area contributed by atoms with Gasteiger partial charge >= 0.3 is 0 Å². The Morgan fingerprint density at radius 2 is 2.47 bits per heavy atom. The van der Waals surface area contributed by atoms with Crippen LogP contribution in [0.2, 0.25) is 0 Å². The van der Waals surface area contributed by atoms with Crippen LogP contribution in [0.3, 0.4) is 0 Å². The number of hydrogen-bond donors (Lipinski definition) is 1. The van der Waals surface area contributed by atoms with Crippen molar-refractivity contribution in [2.75, 3.05) is 0 Å². The lowest BCUT2D eigenvalue weighted by atomic mass is 10.4. The monoisotopic (exact) mass is 301 g/mol. The van der Waals surface area contributed by atoms with E-state index in [-0.39, 0.29) is 0 Å². The van der Waals surface area contributed by atoms with Crippen molar-refractivity contribution in [3.63, 3.8) is 0 Å². The molecule has 2 aromatic rings. The predicted molar refractivity (Wildman–Crippen MR) is 69.2 cm³/mol. The zero-order chi connectivity index (χ0) is 10.8. The van der Waals surface area contributed by atoms with Gasteiger partial charge in [0, 0.05) is 21.7 Å². The quantitative estimate of drug-likeness (QED) is 0.885. The fourth-order valence-corrected chi connectivity index (χ4v) is 2.90. The minimum Gasteiger partial charge on any atom is -0.387 e. The number of imidazole rings is 1. The van der Waals surface area contributed by atoms with Gasteiger partial charge in [-0.3, -0.25) is 0 Å². The minimum atomic E-state index is 0.327. The summed E-state index contributed by atoms with van der Waals surface area (Å²) in [6.45, 7) is 0.741. The molecule has 15 heavy (non-hydrogen) atoms. The number of hydrogen-bond acceptors (Lipinski definition) is 3. The molecule has 0 saturated heterocycles. The highest BCUT2D eigenvalue weighted by Crippen LogP contribution is 2.23. The van der Waals surface area contributed by atoms with E-state index in [2.05, 4.69) is 20.9 Å². The van der Waals surface area contributed by atoms with Gasteiger partial charge in [-0.1, -0.05) is 12.2 Å². The molecular weight excluding hydrogens is 294 g/mol. The third kappa shape index (κ3) is 2.27. The van der Waals surface area contributed by atoms with Crippen molar-refractivity contribution in [1.82, 2.24) is 9.55 Å². The summed E-state index contributed by atoms with van der Waals surface area (Å²) < 4.78 is 3.05. The average molecular weight is 302 g/mol. The van der Waals surface area contributed by atoms with E-state index in [1.54, 1.807) is 17.5 Å². The molecule has 0 amide bonds. The highest BCUT2D eigenvalue weighted by Gasteiger charge is 2.08. The molecule has 0 spiro atoms. The first-order valence-electron chi connectivity index (χ1n) is 4.21. The third-order valence-electron chi connectivity index (χ3n) is 1.94. The Morgan fingerprint density at radius 3 is 3.07 bits per heavy atom. The molecule has 3 nitrogen and oxygen atoms in total. The van der Waals surface area contributed by atoms with Crippen LogP contribution in [0.1, 0.15) is 10.7 Å². The van der Waals surface area contributed by atoms with Crippen LogP contribution in [-0.2, 0) is 6.54 Å². The van der Waals surface area contributed by atoms with Gasteiger partial charge < -0.3 is 10.3 Å². The van der Waals surface area contributed by atoms with Crippen molar-refractivity contribution in [2.24, 2.45) is 5.73 Å². The van der Waals surface area contributed by atoms with Gasteiger partial charge in [-0.15, -0.1) is 11.3 Å². The third-order valence-corrected chi connectivity index (χ3v) is 4.03. The van der Waals surface area contributed by atoms with Crippen LogP contribution in [0, 0.1) is 0 Å². The molecule has 6 heteroatoms. The Balaban J connectivity index is 2.28. The summed E-state index contributed by atoms with van der Waals surface area (Å²) in [6.07, 6.45) is 3.58. The van der Waals surface area contributed by atoms with Crippen LogP contribution in [0.4, 0.5) is 0 Å². The minimum absolute atomic E-state index is 0.327. The van der Waals surface area contributed by atoms with Crippen LogP contribution in [0.15, 0.2) is 28.3 Å². The van der Waals surface area contributed by atoms with E-state index < -0.39 is 0 Å². The lowest BCUT2D eigenvalue weighted by Crippen LogP contribution is -2.17. The zero-order valence-electron chi connectivity index (χ0n) is 7.68. The molecule has 0 saturated carbocycles. The Bertz CT molecular complexity index is 489. The number of thiophene rings is 1. The Labute approximate surface area is 105 Å². The molecule has 0 aliphatic heterocycles. The normalized spacial score (nSPS) is 10.5. The number of nitrogens with zero attached hydrogens (tertiary/aromatic N) is 2. The topological polar surface area (TPSA) is 43.8 Å². The number of thiocarbonyl (C=S) groups is 1. The average Bonchev–Trinajstić information content (AvgIpc) is 2.77. The first-order chi connectivity index (χ1) is 7.18. The van der Waals surface area contributed by atoms with Crippen LogP contribution >= 0.6 is 39.5 Å². The smallest absolute Gasteiger partial charge is 0.167 e. The van der Waals surface area contributed by atoms with Crippen molar-refractivity contribution in [3.05, 3.63) is 39.0 Å². The molecule has 0 bridgehead atoms. The van der Waals surface area contributed by atoms with Gasteiger partial charge in [0.2, 0.25) is 0 Å². The van der Waals surface area contributed by atoms with E-state index in [9.17, 15) is 0 Å². The second-order valence-corrected chi connectivity index (χ2v) is 5.23. The molecular formula is C9H8BrN3S2. The van der Waals surface area contributed by atoms with Gasteiger partial charge in [-0.25, -0.2) is 4.98 Å². The molecule has 0 fully saturated rings. The van der Waals surface area contributed by atoms with Crippen molar-refractivity contribution in [3.8, 4) is 0 Å². The van der Waals surface area contributed by atoms with E-state index >= 15 is 0 Å². The molecule has 2 heterocycles. The summed E-state index contributed by atoms with van der Waals surface area (Å²) in [5.74, 6) is 0.658. The van der Waals surface area contributed by atoms with E-state index in [0.717, 1.165) is 11.0 Å². The molecule has 0 atom stereocenters. The lowest BCUT2D eigenvalue weighted by Gasteiger charge is -2.05. The molecule has 0 radical (unpaired) electrons. The second-order valence-electron chi connectivity index (χ2n) is 2.93. The summed E-state index contributed by atoms with van der Waals surface area (Å²) >= 11 is 10.1. The maximum Gasteiger partial charge on any atom is 0.167 e. The van der Waals surface area contributed by atoms with Gasteiger partial charge in [0.05, 0.1) is 6.54 Å². The Morgan fingerprint density at radius 1 is 1.67 bits per heavy atom. The van der Waals surface area contributed by atoms with Crippen LogP contribution in [-0.4, -0.2) is 14.5 Å². The largest absolute Gasteiger partial charge is 0.387 e. The highest BCUT2D eigenvalue weighted by molar-refractivity contribution is 9.10. The SMILES string of the molecule is NC(=S)c1nccn1Cc1sccc1Br. The molecule has 0 unspecified atom stereocenters. The molecule has 2 rings (SSSR count). The Kier molecular flexibility index (Phi) is 3.18. The van der Waals surface area contributed by atoms with Gasteiger partial charge in [-0.05, 0) is 27.4 Å². The zero-order valence-corrected chi connectivity index (χ0v) is 10.9. The first kappa shape index (κ1) is 10.8. The second kappa shape index (κ2) is 4.42. The number of rotatable bonds is 3. The summed E-state index contributed by atoms with van der Waals surface area (Å²) in [7, 11) is 0. The molecule has 0 aliphatic rings. The van der Waals surface area contributed by atoms with Gasteiger partial charge in [0.15, 0.2) is 5.82 Å². The summed E-state index contributed by atoms with van der Waals surface area (Å²) in [5, 5.41) is 2.04. The summed E-state index contributed by atoms with van der Waals surface area (Å²) in [4.78, 5) is 5.67. The standard InChI is InChI=1S/C9H8BrN3S2/c10-6-1-4-15-7(6)5-13-3-2-12-9(13)8(11)14/h1-4H,5H2,(H2,11,14). The maximum absolute atomic E-state index is 5.57. The van der Waals surface area contributed by atoms with E-state index in [4.69, 9.17) is 18.0 Å². The Hall–Kier alpha value is -0.720. The highest BCUT2D eigenvalue weighted by atomic mass is 79.9. The van der Waals surface area contributed by atoms with Crippen molar-refractivity contribution in [1.29, 1.82) is 0 Å². The molecule has 0 aliphatic carbocycles. The fraction of sp³-hybridized carbons (Fsp3) is 0.111. The summed E-state index contributed by atoms with van der Waals surface area (Å²) in [6, 6.07) is 2.03. The van der Waals surface area contributed by atoms with Crippen molar-refractivity contribution >= 4 is 44.5 Å². The van der Waals surface area contributed by atoms with E-state index in [1.165, 1.54) is 4.88 Å².